The number of allylic oxidation sites excluding steroid dienone is 2. The second-order valence-corrected chi connectivity index (χ2v) is 7.94. The van der Waals surface area contributed by atoms with E-state index in [1.807, 2.05) is 61.0 Å². The molecule has 0 radical (unpaired) electrons. The fourth-order valence-electron chi connectivity index (χ4n) is 3.33. The van der Waals surface area contributed by atoms with Crippen molar-refractivity contribution in [1.82, 2.24) is 4.68 Å². The summed E-state index contributed by atoms with van der Waals surface area (Å²) in [7, 11) is 0. The number of ether oxygens (including phenoxy) is 2. The van der Waals surface area contributed by atoms with Crippen molar-refractivity contribution in [3.8, 4) is 22.8 Å². The maximum absolute atomic E-state index is 11.8. The number of hydrogen-bond donors (Lipinski definition) is 2. The Balaban J connectivity index is 1.77. The molecule has 1 aliphatic heterocycles. The number of carbonyl (C=O) groups excluding carboxylic acids is 1. The molecular weight excluding hydrogens is 424 g/mol. The monoisotopic (exact) mass is 450 g/mol. The molecule has 0 spiro atoms. The zero-order valence-electron chi connectivity index (χ0n) is 18.3. The number of thiazole rings is 1. The van der Waals surface area contributed by atoms with Crippen LogP contribution in [-0.4, -0.2) is 23.8 Å². The van der Waals surface area contributed by atoms with Crippen LogP contribution < -0.4 is 25.0 Å². The van der Waals surface area contributed by atoms with E-state index in [4.69, 9.17) is 14.5 Å². The van der Waals surface area contributed by atoms with Gasteiger partial charge in [0.15, 0.2) is 6.61 Å². The fourth-order valence-corrected chi connectivity index (χ4v) is 4.19. The highest BCUT2D eigenvalue weighted by Gasteiger charge is 2.18. The van der Waals surface area contributed by atoms with Crippen LogP contribution in [0.25, 0.3) is 11.3 Å². The lowest BCUT2D eigenvalue weighted by atomic mass is 10.1. The first-order valence-electron chi connectivity index (χ1n) is 10.6. The van der Waals surface area contributed by atoms with Gasteiger partial charge in [-0.2, -0.15) is 0 Å². The van der Waals surface area contributed by atoms with E-state index in [0.717, 1.165) is 39.6 Å². The molecule has 0 saturated carbocycles. The lowest BCUT2D eigenvalue weighted by Crippen LogP contribution is -2.26. The van der Waals surface area contributed by atoms with E-state index in [2.05, 4.69) is 29.1 Å². The van der Waals surface area contributed by atoms with Gasteiger partial charge in [0.1, 0.15) is 11.5 Å². The third kappa shape index (κ3) is 4.70. The average molecular weight is 451 g/mol. The largest absolute Gasteiger partial charge is 0.494 e. The molecule has 2 heterocycles. The normalized spacial score (nSPS) is 13.9. The minimum Gasteiger partial charge on any atom is -0.494 e. The van der Waals surface area contributed by atoms with Gasteiger partial charge in [-0.25, -0.2) is 9.67 Å². The standard InChI is InChI=1S/C24H26N4O3S/c1-4-17(5-2)27-28-21(16-7-12-22-20(13-16)26-23(29)14-31-22)15-32-24(28)25-18-8-10-19(11-9-18)30-6-3/h4,7-13,15,27H,5-6,14H2,1-3H3,(H,26,29). The molecule has 7 nitrogen and oxygen atoms in total. The number of aromatic nitrogens is 1. The summed E-state index contributed by atoms with van der Waals surface area (Å²) in [4.78, 5) is 17.4. The molecule has 8 heteroatoms. The van der Waals surface area contributed by atoms with Crippen LogP contribution in [0.3, 0.4) is 0 Å². The van der Waals surface area contributed by atoms with Crippen molar-refractivity contribution in [3.63, 3.8) is 0 Å². The zero-order valence-corrected chi connectivity index (χ0v) is 19.2. The number of anilines is 1. The second-order valence-electron chi connectivity index (χ2n) is 7.10. The third-order valence-corrected chi connectivity index (χ3v) is 5.80. The first-order chi connectivity index (χ1) is 15.6. The van der Waals surface area contributed by atoms with Gasteiger partial charge in [-0.3, -0.25) is 10.2 Å². The molecular formula is C24H26N4O3S. The van der Waals surface area contributed by atoms with E-state index in [0.29, 0.717) is 18.0 Å². The first-order valence-corrected chi connectivity index (χ1v) is 11.5. The minimum atomic E-state index is -0.153. The number of benzene rings is 2. The van der Waals surface area contributed by atoms with Crippen molar-refractivity contribution in [3.05, 3.63) is 64.4 Å². The summed E-state index contributed by atoms with van der Waals surface area (Å²) >= 11 is 1.54. The predicted octanol–water partition coefficient (Wildman–Crippen LogP) is 5.04. The molecule has 1 amide bonds. The molecule has 0 aliphatic carbocycles. The van der Waals surface area contributed by atoms with E-state index in [1.165, 1.54) is 11.3 Å². The molecule has 3 aromatic rings. The van der Waals surface area contributed by atoms with Crippen LogP contribution in [0.2, 0.25) is 0 Å². The highest BCUT2D eigenvalue weighted by molar-refractivity contribution is 7.07. The topological polar surface area (TPSA) is 76.9 Å². The Morgan fingerprint density at radius 1 is 1.28 bits per heavy atom. The molecule has 1 aromatic heterocycles. The van der Waals surface area contributed by atoms with E-state index in [-0.39, 0.29) is 12.5 Å². The van der Waals surface area contributed by atoms with Gasteiger partial charge in [-0.05, 0) is 62.7 Å². The van der Waals surface area contributed by atoms with Gasteiger partial charge in [0.2, 0.25) is 4.80 Å². The molecule has 1 aliphatic rings. The average Bonchev–Trinajstić information content (AvgIpc) is 3.20. The quantitative estimate of drug-likeness (QED) is 0.529. The number of nitrogens with one attached hydrogen (secondary N) is 2. The SMILES string of the molecule is CC=C(CC)Nn1c(-c2ccc3c(c2)NC(=O)CO3)csc1=Nc1ccc(OCC)cc1. The van der Waals surface area contributed by atoms with Crippen LogP contribution in [0.15, 0.2) is 64.6 Å². The van der Waals surface area contributed by atoms with Crippen molar-refractivity contribution in [1.29, 1.82) is 0 Å². The van der Waals surface area contributed by atoms with Gasteiger partial charge >= 0.3 is 0 Å². The van der Waals surface area contributed by atoms with Gasteiger partial charge < -0.3 is 14.8 Å². The molecule has 2 aromatic carbocycles. The number of hydrogen-bond acceptors (Lipinski definition) is 6. The Kier molecular flexibility index (Phi) is 6.61. The highest BCUT2D eigenvalue weighted by atomic mass is 32.1. The number of amides is 1. The van der Waals surface area contributed by atoms with Crippen LogP contribution in [0.5, 0.6) is 11.5 Å². The van der Waals surface area contributed by atoms with Crippen molar-refractivity contribution in [2.24, 2.45) is 4.99 Å². The smallest absolute Gasteiger partial charge is 0.262 e. The number of nitrogens with zero attached hydrogens (tertiary/aromatic N) is 2. The number of rotatable bonds is 7. The summed E-state index contributed by atoms with van der Waals surface area (Å²) in [5.41, 5.74) is 7.95. The molecule has 0 saturated heterocycles. The summed E-state index contributed by atoms with van der Waals surface area (Å²) in [6, 6.07) is 13.5. The van der Waals surface area contributed by atoms with Crippen molar-refractivity contribution < 1.29 is 14.3 Å². The molecule has 32 heavy (non-hydrogen) atoms. The van der Waals surface area contributed by atoms with Crippen LogP contribution in [0.1, 0.15) is 27.2 Å². The fraction of sp³-hybridized carbons (Fsp3) is 0.250. The molecule has 0 atom stereocenters. The Morgan fingerprint density at radius 3 is 2.81 bits per heavy atom. The molecule has 0 fully saturated rings. The van der Waals surface area contributed by atoms with Gasteiger partial charge in [0.05, 0.1) is 23.7 Å². The van der Waals surface area contributed by atoms with Gasteiger partial charge in [-0.15, -0.1) is 11.3 Å². The maximum Gasteiger partial charge on any atom is 0.262 e. The summed E-state index contributed by atoms with van der Waals surface area (Å²) in [6.07, 6.45) is 2.91. The highest BCUT2D eigenvalue weighted by Crippen LogP contribution is 2.33. The summed E-state index contributed by atoms with van der Waals surface area (Å²) in [6.45, 7) is 6.74. The van der Waals surface area contributed by atoms with E-state index < -0.39 is 0 Å². The lowest BCUT2D eigenvalue weighted by molar-refractivity contribution is -0.118. The van der Waals surface area contributed by atoms with Crippen LogP contribution in [-0.2, 0) is 4.79 Å². The van der Waals surface area contributed by atoms with E-state index in [9.17, 15) is 4.79 Å². The summed E-state index contributed by atoms with van der Waals surface area (Å²) in [5.74, 6) is 1.34. The van der Waals surface area contributed by atoms with Crippen molar-refractivity contribution >= 4 is 28.6 Å². The zero-order chi connectivity index (χ0) is 22.5. The molecule has 4 rings (SSSR count). The van der Waals surface area contributed by atoms with E-state index >= 15 is 0 Å². The Labute approximate surface area is 191 Å². The van der Waals surface area contributed by atoms with Crippen LogP contribution >= 0.6 is 11.3 Å². The second kappa shape index (κ2) is 9.74. The Hall–Kier alpha value is -3.52. The molecule has 2 N–H and O–H groups in total. The minimum absolute atomic E-state index is 0.0403. The molecule has 0 bridgehead atoms. The van der Waals surface area contributed by atoms with Crippen LogP contribution in [0, 0.1) is 0 Å². The Bertz CT molecular complexity index is 1210. The van der Waals surface area contributed by atoms with Crippen molar-refractivity contribution in [2.45, 2.75) is 27.2 Å². The Morgan fingerprint density at radius 2 is 2.09 bits per heavy atom. The molecule has 166 valence electrons. The molecule has 0 unspecified atom stereocenters. The first kappa shape index (κ1) is 21.7. The maximum atomic E-state index is 11.8. The lowest BCUT2D eigenvalue weighted by Gasteiger charge is -2.19. The summed E-state index contributed by atoms with van der Waals surface area (Å²) in [5, 5.41) is 4.93. The summed E-state index contributed by atoms with van der Waals surface area (Å²) < 4.78 is 13.0. The van der Waals surface area contributed by atoms with Crippen molar-refractivity contribution in [2.75, 3.05) is 24.0 Å². The van der Waals surface area contributed by atoms with Gasteiger partial charge in [0.25, 0.3) is 5.91 Å². The van der Waals surface area contributed by atoms with E-state index in [1.54, 1.807) is 0 Å². The predicted molar refractivity (Wildman–Crippen MR) is 128 cm³/mol. The third-order valence-electron chi connectivity index (χ3n) is 4.97. The van der Waals surface area contributed by atoms with Crippen LogP contribution in [0.4, 0.5) is 11.4 Å². The van der Waals surface area contributed by atoms with Gasteiger partial charge in [0, 0.05) is 16.6 Å². The number of carbonyl (C=O) groups is 1. The van der Waals surface area contributed by atoms with Gasteiger partial charge in [-0.1, -0.05) is 13.0 Å². The number of fused-ring (bicyclic) bond motifs is 1.